The molecule has 1 atom stereocenters. The third-order valence-corrected chi connectivity index (χ3v) is 3.60. The first-order valence-corrected chi connectivity index (χ1v) is 6.80. The lowest BCUT2D eigenvalue weighted by Crippen LogP contribution is -2.53. The standard InChI is InChI=1S/C15H23N3O/c1-12-4-6-13(7-5-12)15(19)18(3)11-14-10-17(2)9-8-16-14/h4-7,14,16H,8-11H2,1-3H3. The number of piperazine rings is 1. The van der Waals surface area contributed by atoms with Crippen LogP contribution < -0.4 is 5.32 Å². The maximum Gasteiger partial charge on any atom is 0.253 e. The summed E-state index contributed by atoms with van der Waals surface area (Å²) in [5, 5.41) is 3.46. The van der Waals surface area contributed by atoms with E-state index >= 15 is 0 Å². The SMILES string of the molecule is Cc1ccc(C(=O)N(C)CC2CN(C)CCN2)cc1. The molecule has 0 saturated carbocycles. The molecule has 1 fully saturated rings. The number of rotatable bonds is 3. The van der Waals surface area contributed by atoms with E-state index in [1.54, 1.807) is 0 Å². The van der Waals surface area contributed by atoms with Crippen molar-refractivity contribution >= 4 is 5.91 Å². The summed E-state index contributed by atoms with van der Waals surface area (Å²) in [5.41, 5.74) is 1.94. The van der Waals surface area contributed by atoms with Crippen LogP contribution in [0.5, 0.6) is 0 Å². The van der Waals surface area contributed by atoms with Gasteiger partial charge in [0.05, 0.1) is 0 Å². The summed E-state index contributed by atoms with van der Waals surface area (Å²) in [7, 11) is 3.99. The molecular weight excluding hydrogens is 238 g/mol. The number of amides is 1. The van der Waals surface area contributed by atoms with Gasteiger partial charge in [-0.1, -0.05) is 17.7 Å². The second-order valence-corrected chi connectivity index (χ2v) is 5.46. The highest BCUT2D eigenvalue weighted by Gasteiger charge is 2.20. The largest absolute Gasteiger partial charge is 0.340 e. The molecule has 19 heavy (non-hydrogen) atoms. The Morgan fingerprint density at radius 3 is 2.74 bits per heavy atom. The van der Waals surface area contributed by atoms with Crippen molar-refractivity contribution in [1.82, 2.24) is 15.1 Å². The van der Waals surface area contributed by atoms with Crippen molar-refractivity contribution in [1.29, 1.82) is 0 Å². The molecular formula is C15H23N3O. The van der Waals surface area contributed by atoms with Crippen LogP contribution in [0, 0.1) is 6.92 Å². The maximum absolute atomic E-state index is 12.3. The van der Waals surface area contributed by atoms with Crippen LogP contribution in [-0.2, 0) is 0 Å². The van der Waals surface area contributed by atoms with Gasteiger partial charge in [-0.2, -0.15) is 0 Å². The first kappa shape index (κ1) is 14.0. The Bertz CT molecular complexity index is 430. The molecule has 104 valence electrons. The van der Waals surface area contributed by atoms with Crippen molar-refractivity contribution in [3.05, 3.63) is 35.4 Å². The minimum atomic E-state index is 0.0926. The van der Waals surface area contributed by atoms with Crippen molar-refractivity contribution in [2.45, 2.75) is 13.0 Å². The van der Waals surface area contributed by atoms with E-state index in [1.807, 2.05) is 43.1 Å². The molecule has 0 aromatic heterocycles. The van der Waals surface area contributed by atoms with Crippen LogP contribution in [0.3, 0.4) is 0 Å². The summed E-state index contributed by atoms with van der Waals surface area (Å²) < 4.78 is 0. The third kappa shape index (κ3) is 3.78. The van der Waals surface area contributed by atoms with Crippen LogP contribution in [0.25, 0.3) is 0 Å². The summed E-state index contributed by atoms with van der Waals surface area (Å²) >= 11 is 0. The van der Waals surface area contributed by atoms with Gasteiger partial charge in [-0.25, -0.2) is 0 Å². The summed E-state index contributed by atoms with van der Waals surface area (Å²) in [6, 6.07) is 8.11. The van der Waals surface area contributed by atoms with Gasteiger partial charge >= 0.3 is 0 Å². The molecule has 1 aromatic carbocycles. The molecule has 0 bridgehead atoms. The van der Waals surface area contributed by atoms with Gasteiger partial charge in [0, 0.05) is 44.8 Å². The highest BCUT2D eigenvalue weighted by Crippen LogP contribution is 2.07. The predicted molar refractivity (Wildman–Crippen MR) is 77.4 cm³/mol. The normalized spacial score (nSPS) is 20.3. The van der Waals surface area contributed by atoms with Crippen LogP contribution in [0.2, 0.25) is 0 Å². The zero-order valence-electron chi connectivity index (χ0n) is 12.0. The number of nitrogens with zero attached hydrogens (tertiary/aromatic N) is 2. The lowest BCUT2D eigenvalue weighted by Gasteiger charge is -2.33. The molecule has 4 nitrogen and oxygen atoms in total. The summed E-state index contributed by atoms with van der Waals surface area (Å²) in [6.45, 7) is 5.84. The highest BCUT2D eigenvalue weighted by molar-refractivity contribution is 5.94. The lowest BCUT2D eigenvalue weighted by molar-refractivity contribution is 0.0764. The zero-order chi connectivity index (χ0) is 13.8. The second-order valence-electron chi connectivity index (χ2n) is 5.46. The first-order valence-electron chi connectivity index (χ1n) is 6.80. The monoisotopic (exact) mass is 261 g/mol. The summed E-state index contributed by atoms with van der Waals surface area (Å²) in [4.78, 5) is 16.4. The topological polar surface area (TPSA) is 35.6 Å². The molecule has 1 aromatic rings. The Labute approximate surface area is 115 Å². The number of aryl methyl sites for hydroxylation is 1. The van der Waals surface area contributed by atoms with E-state index in [0.717, 1.165) is 31.7 Å². The molecule has 1 N–H and O–H groups in total. The van der Waals surface area contributed by atoms with Crippen LogP contribution in [0.4, 0.5) is 0 Å². The zero-order valence-corrected chi connectivity index (χ0v) is 12.0. The predicted octanol–water partition coefficient (Wildman–Crippen LogP) is 0.971. The van der Waals surface area contributed by atoms with E-state index in [-0.39, 0.29) is 5.91 Å². The smallest absolute Gasteiger partial charge is 0.253 e. The van der Waals surface area contributed by atoms with E-state index < -0.39 is 0 Å². The van der Waals surface area contributed by atoms with Crippen molar-refractivity contribution in [3.63, 3.8) is 0 Å². The fraction of sp³-hybridized carbons (Fsp3) is 0.533. The number of benzene rings is 1. The van der Waals surface area contributed by atoms with Crippen molar-refractivity contribution in [2.75, 3.05) is 40.3 Å². The highest BCUT2D eigenvalue weighted by atomic mass is 16.2. The van der Waals surface area contributed by atoms with Gasteiger partial charge < -0.3 is 15.1 Å². The average molecular weight is 261 g/mol. The molecule has 0 spiro atoms. The van der Waals surface area contributed by atoms with Gasteiger partial charge in [-0.05, 0) is 26.1 Å². The fourth-order valence-corrected chi connectivity index (χ4v) is 2.44. The molecule has 1 amide bonds. The van der Waals surface area contributed by atoms with E-state index in [1.165, 1.54) is 5.56 Å². The third-order valence-electron chi connectivity index (χ3n) is 3.60. The first-order chi connectivity index (χ1) is 9.06. The minimum absolute atomic E-state index is 0.0926. The van der Waals surface area contributed by atoms with E-state index in [9.17, 15) is 4.79 Å². The Morgan fingerprint density at radius 1 is 1.42 bits per heavy atom. The van der Waals surface area contributed by atoms with Gasteiger partial charge in [-0.3, -0.25) is 4.79 Å². The number of hydrogen-bond acceptors (Lipinski definition) is 3. The van der Waals surface area contributed by atoms with E-state index in [2.05, 4.69) is 17.3 Å². The average Bonchev–Trinajstić information content (AvgIpc) is 2.39. The van der Waals surface area contributed by atoms with Crippen LogP contribution in [0.1, 0.15) is 15.9 Å². The number of carbonyl (C=O) groups excluding carboxylic acids is 1. The maximum atomic E-state index is 12.3. The Morgan fingerprint density at radius 2 is 2.11 bits per heavy atom. The van der Waals surface area contributed by atoms with Crippen molar-refractivity contribution in [3.8, 4) is 0 Å². The van der Waals surface area contributed by atoms with E-state index in [4.69, 9.17) is 0 Å². The number of nitrogens with one attached hydrogen (secondary N) is 1. The molecule has 0 aliphatic carbocycles. The Kier molecular flexibility index (Phi) is 4.56. The Hall–Kier alpha value is -1.39. The number of hydrogen-bond donors (Lipinski definition) is 1. The molecule has 1 aliphatic heterocycles. The van der Waals surface area contributed by atoms with Crippen LogP contribution in [-0.4, -0.2) is 62.0 Å². The fourth-order valence-electron chi connectivity index (χ4n) is 2.44. The minimum Gasteiger partial charge on any atom is -0.340 e. The van der Waals surface area contributed by atoms with Gasteiger partial charge in [0.1, 0.15) is 0 Å². The van der Waals surface area contributed by atoms with E-state index in [0.29, 0.717) is 6.04 Å². The number of likely N-dealkylation sites (N-methyl/N-ethyl adjacent to an activating group) is 2. The molecule has 1 heterocycles. The van der Waals surface area contributed by atoms with Crippen molar-refractivity contribution < 1.29 is 4.79 Å². The quantitative estimate of drug-likeness (QED) is 0.881. The van der Waals surface area contributed by atoms with Gasteiger partial charge in [0.25, 0.3) is 5.91 Å². The van der Waals surface area contributed by atoms with Gasteiger partial charge in [-0.15, -0.1) is 0 Å². The van der Waals surface area contributed by atoms with Gasteiger partial charge in [0.15, 0.2) is 0 Å². The second kappa shape index (κ2) is 6.17. The number of carbonyl (C=O) groups is 1. The molecule has 4 heteroatoms. The summed E-state index contributed by atoms with van der Waals surface area (Å²) in [6.07, 6.45) is 0. The molecule has 1 saturated heterocycles. The molecule has 1 unspecified atom stereocenters. The van der Waals surface area contributed by atoms with Crippen LogP contribution in [0.15, 0.2) is 24.3 Å². The molecule has 2 rings (SSSR count). The summed E-state index contributed by atoms with van der Waals surface area (Å²) in [5.74, 6) is 0.0926. The van der Waals surface area contributed by atoms with Crippen LogP contribution >= 0.6 is 0 Å². The lowest BCUT2D eigenvalue weighted by atomic mass is 10.1. The Balaban J connectivity index is 1.93. The molecule has 1 aliphatic rings. The molecule has 0 radical (unpaired) electrons. The van der Waals surface area contributed by atoms with Crippen molar-refractivity contribution in [2.24, 2.45) is 0 Å². The van der Waals surface area contributed by atoms with Gasteiger partial charge in [0.2, 0.25) is 0 Å².